The molecule has 0 saturated heterocycles. The highest BCUT2D eigenvalue weighted by Crippen LogP contribution is 2.36. The Bertz CT molecular complexity index is 1280. The van der Waals surface area contributed by atoms with Gasteiger partial charge in [0.15, 0.2) is 11.6 Å². The largest absolute Gasteiger partial charge is 0.454 e. The molecule has 2 aromatic heterocycles. The average Bonchev–Trinajstić information content (AvgIpc) is 3.22. The van der Waals surface area contributed by atoms with Gasteiger partial charge < -0.3 is 9.30 Å². The predicted octanol–water partition coefficient (Wildman–Crippen LogP) is 5.02. The van der Waals surface area contributed by atoms with Gasteiger partial charge in [0.1, 0.15) is 17.1 Å². The Morgan fingerprint density at radius 1 is 1.13 bits per heavy atom. The number of hydrogen-bond acceptors (Lipinski definition) is 4. The highest BCUT2D eigenvalue weighted by atomic mass is 32.2. The molecule has 0 N–H and O–H groups in total. The SMILES string of the molecule is CCSCc1ccc(Oc2ccc(F)cc2F)c(-c2cn(C)c(=O)c3cncn23)c1. The van der Waals surface area contributed by atoms with Crippen molar-refractivity contribution in [2.45, 2.75) is 12.7 Å². The summed E-state index contributed by atoms with van der Waals surface area (Å²) in [5.74, 6) is 0.609. The number of nitrogens with zero attached hydrogens (tertiary/aromatic N) is 3. The third-order valence-corrected chi connectivity index (χ3v) is 5.61. The molecule has 154 valence electrons. The van der Waals surface area contributed by atoms with Crippen LogP contribution in [0.1, 0.15) is 12.5 Å². The van der Waals surface area contributed by atoms with Gasteiger partial charge in [0.2, 0.25) is 0 Å². The number of benzene rings is 2. The topological polar surface area (TPSA) is 48.5 Å². The third-order valence-electron chi connectivity index (χ3n) is 4.66. The molecule has 5 nitrogen and oxygen atoms in total. The summed E-state index contributed by atoms with van der Waals surface area (Å²) in [4.78, 5) is 16.5. The minimum Gasteiger partial charge on any atom is -0.454 e. The Balaban J connectivity index is 1.89. The lowest BCUT2D eigenvalue weighted by Crippen LogP contribution is -2.19. The monoisotopic (exact) mass is 427 g/mol. The second kappa shape index (κ2) is 8.31. The highest BCUT2D eigenvalue weighted by molar-refractivity contribution is 7.98. The number of imidazole rings is 1. The van der Waals surface area contributed by atoms with Crippen LogP contribution in [-0.2, 0) is 12.8 Å². The second-order valence-corrected chi connectivity index (χ2v) is 8.00. The summed E-state index contributed by atoms with van der Waals surface area (Å²) in [5, 5.41) is 0. The van der Waals surface area contributed by atoms with Gasteiger partial charge in [-0.25, -0.2) is 13.8 Å². The summed E-state index contributed by atoms with van der Waals surface area (Å²) in [6, 6.07) is 8.81. The summed E-state index contributed by atoms with van der Waals surface area (Å²) in [7, 11) is 1.66. The molecule has 0 atom stereocenters. The molecule has 0 saturated carbocycles. The molecular weight excluding hydrogens is 408 g/mol. The van der Waals surface area contributed by atoms with Gasteiger partial charge in [0.05, 0.1) is 18.2 Å². The van der Waals surface area contributed by atoms with Crippen molar-refractivity contribution in [3.8, 4) is 22.8 Å². The van der Waals surface area contributed by atoms with Crippen LogP contribution in [0.3, 0.4) is 0 Å². The van der Waals surface area contributed by atoms with E-state index in [9.17, 15) is 13.6 Å². The number of hydrogen-bond donors (Lipinski definition) is 0. The van der Waals surface area contributed by atoms with Crippen LogP contribution in [0.2, 0.25) is 0 Å². The van der Waals surface area contributed by atoms with Crippen molar-refractivity contribution in [1.29, 1.82) is 0 Å². The van der Waals surface area contributed by atoms with Gasteiger partial charge >= 0.3 is 0 Å². The zero-order valence-electron chi connectivity index (χ0n) is 16.4. The van der Waals surface area contributed by atoms with Crippen LogP contribution in [0, 0.1) is 11.6 Å². The number of aromatic nitrogens is 3. The lowest BCUT2D eigenvalue weighted by Gasteiger charge is -2.16. The normalized spacial score (nSPS) is 11.2. The molecular formula is C22H19F2N3O2S. The molecule has 2 heterocycles. The standard InChI is InChI=1S/C22H19F2N3O2S/c1-3-30-12-14-4-6-20(29-21-7-5-15(23)9-17(21)24)16(8-14)19-11-26(2)22(28)18-10-25-13-27(18)19/h4-11,13H,3,12H2,1-2H3. The van der Waals surface area contributed by atoms with Crippen LogP contribution in [0.15, 0.2) is 59.9 Å². The van der Waals surface area contributed by atoms with Gasteiger partial charge in [-0.2, -0.15) is 11.8 Å². The molecule has 30 heavy (non-hydrogen) atoms. The van der Waals surface area contributed by atoms with Crippen LogP contribution in [0.25, 0.3) is 16.8 Å². The fourth-order valence-corrected chi connectivity index (χ4v) is 3.80. The quantitative estimate of drug-likeness (QED) is 0.433. The van der Waals surface area contributed by atoms with Gasteiger partial charge in [-0.1, -0.05) is 13.0 Å². The Labute approximate surface area is 176 Å². The van der Waals surface area contributed by atoms with Gasteiger partial charge in [-0.15, -0.1) is 0 Å². The van der Waals surface area contributed by atoms with Crippen molar-refractivity contribution < 1.29 is 13.5 Å². The molecule has 0 bridgehead atoms. The summed E-state index contributed by atoms with van der Waals surface area (Å²) < 4.78 is 36.5. The zero-order chi connectivity index (χ0) is 21.3. The van der Waals surface area contributed by atoms with Gasteiger partial charge in [-0.05, 0) is 35.6 Å². The van der Waals surface area contributed by atoms with E-state index in [1.54, 1.807) is 41.8 Å². The fourth-order valence-electron chi connectivity index (χ4n) is 3.18. The van der Waals surface area contributed by atoms with Gasteiger partial charge in [0.25, 0.3) is 5.56 Å². The van der Waals surface area contributed by atoms with Crippen molar-refractivity contribution >= 4 is 17.3 Å². The number of ether oxygens (including phenoxy) is 1. The summed E-state index contributed by atoms with van der Waals surface area (Å²) in [6.45, 7) is 2.09. The lowest BCUT2D eigenvalue weighted by molar-refractivity contribution is 0.438. The van der Waals surface area contributed by atoms with Crippen LogP contribution >= 0.6 is 11.8 Å². The molecule has 0 unspecified atom stereocenters. The molecule has 0 aliphatic rings. The smallest absolute Gasteiger partial charge is 0.276 e. The molecule has 0 spiro atoms. The van der Waals surface area contributed by atoms with E-state index in [1.165, 1.54) is 16.8 Å². The van der Waals surface area contributed by atoms with Crippen molar-refractivity contribution in [2.75, 3.05) is 5.75 Å². The first-order chi connectivity index (χ1) is 14.5. The van der Waals surface area contributed by atoms with E-state index in [1.807, 2.05) is 12.1 Å². The van der Waals surface area contributed by atoms with Crippen LogP contribution in [0.5, 0.6) is 11.5 Å². The molecule has 0 radical (unpaired) electrons. The lowest BCUT2D eigenvalue weighted by atomic mass is 10.1. The fraction of sp³-hybridized carbons (Fsp3) is 0.182. The molecule has 0 amide bonds. The van der Waals surface area contributed by atoms with E-state index in [2.05, 4.69) is 11.9 Å². The van der Waals surface area contributed by atoms with Crippen molar-refractivity contribution in [2.24, 2.45) is 7.05 Å². The van der Waals surface area contributed by atoms with E-state index in [0.29, 0.717) is 22.5 Å². The molecule has 4 rings (SSSR count). The molecule has 0 fully saturated rings. The van der Waals surface area contributed by atoms with Gasteiger partial charge in [-0.3, -0.25) is 9.20 Å². The predicted molar refractivity (Wildman–Crippen MR) is 114 cm³/mol. The Kier molecular flexibility index (Phi) is 5.59. The maximum absolute atomic E-state index is 14.2. The molecule has 0 aliphatic carbocycles. The van der Waals surface area contributed by atoms with E-state index in [0.717, 1.165) is 29.2 Å². The van der Waals surface area contributed by atoms with Crippen molar-refractivity contribution in [3.63, 3.8) is 0 Å². The number of rotatable bonds is 6. The van der Waals surface area contributed by atoms with Crippen LogP contribution in [-0.4, -0.2) is 19.7 Å². The third kappa shape index (κ3) is 3.82. The van der Waals surface area contributed by atoms with E-state index in [-0.39, 0.29) is 11.3 Å². The first-order valence-corrected chi connectivity index (χ1v) is 10.5. The first-order valence-electron chi connectivity index (χ1n) is 9.33. The first kappa shape index (κ1) is 20.2. The zero-order valence-corrected chi connectivity index (χ0v) is 17.2. The number of fused-ring (bicyclic) bond motifs is 1. The highest BCUT2D eigenvalue weighted by Gasteiger charge is 2.16. The number of aryl methyl sites for hydroxylation is 1. The Hall–Kier alpha value is -3.13. The minimum atomic E-state index is -0.792. The average molecular weight is 427 g/mol. The van der Waals surface area contributed by atoms with Crippen LogP contribution < -0.4 is 10.3 Å². The van der Waals surface area contributed by atoms with E-state index < -0.39 is 11.6 Å². The molecule has 4 aromatic rings. The number of thioether (sulfide) groups is 1. The summed E-state index contributed by atoms with van der Waals surface area (Å²) in [5.41, 5.74) is 2.64. The number of halogens is 2. The minimum absolute atomic E-state index is 0.0833. The summed E-state index contributed by atoms with van der Waals surface area (Å²) >= 11 is 1.77. The molecule has 0 aliphatic heterocycles. The van der Waals surface area contributed by atoms with Crippen molar-refractivity contribution in [3.05, 3.63) is 82.7 Å². The van der Waals surface area contributed by atoms with Crippen molar-refractivity contribution in [1.82, 2.24) is 14.0 Å². The van der Waals surface area contributed by atoms with E-state index >= 15 is 0 Å². The van der Waals surface area contributed by atoms with Gasteiger partial charge in [0, 0.05) is 30.6 Å². The molecule has 8 heteroatoms. The van der Waals surface area contributed by atoms with E-state index in [4.69, 9.17) is 4.74 Å². The Morgan fingerprint density at radius 2 is 1.93 bits per heavy atom. The Morgan fingerprint density at radius 3 is 2.70 bits per heavy atom. The maximum atomic E-state index is 14.2. The second-order valence-electron chi connectivity index (χ2n) is 6.72. The van der Waals surface area contributed by atoms with Crippen LogP contribution in [0.4, 0.5) is 8.78 Å². The maximum Gasteiger partial charge on any atom is 0.276 e. The summed E-state index contributed by atoms with van der Waals surface area (Å²) in [6.07, 6.45) is 4.75. The molecule has 2 aromatic carbocycles.